The van der Waals surface area contributed by atoms with E-state index >= 15 is 0 Å². The molecule has 4 amide bonds. The Labute approximate surface area is 257 Å². The first kappa shape index (κ1) is 30.8. The second-order valence-electron chi connectivity index (χ2n) is 9.45. The number of carbonyl (C=O) groups is 3. The molecule has 0 saturated carbocycles. The van der Waals surface area contributed by atoms with Crippen LogP contribution >= 0.6 is 11.6 Å². The Kier molecular flexibility index (Phi) is 8.55. The van der Waals surface area contributed by atoms with E-state index in [0.717, 1.165) is 22.6 Å². The standard InChI is InChI=1S/C31H19ClF3N3O7/c32-21-7-13-26(45-27-12-6-20(31(33,34)35)16-25(27)38(42)43)19(14-21)15-24-28(39)36-30(41)37(29(24)40)22-8-10-23(11-9-22)44-17-18-4-2-1-3-5-18/h1-16H,17H2,(H,36,39,41)/b24-15+. The van der Waals surface area contributed by atoms with Gasteiger partial charge in [0.05, 0.1) is 16.2 Å². The van der Waals surface area contributed by atoms with Crippen LogP contribution in [0.15, 0.2) is 96.6 Å². The Morgan fingerprint density at radius 1 is 0.911 bits per heavy atom. The highest BCUT2D eigenvalue weighted by Gasteiger charge is 2.37. The molecule has 5 rings (SSSR count). The van der Waals surface area contributed by atoms with Crippen molar-refractivity contribution in [3.05, 3.63) is 128 Å². The molecule has 0 bridgehead atoms. The van der Waals surface area contributed by atoms with Crippen molar-refractivity contribution in [2.75, 3.05) is 4.90 Å². The Bertz CT molecular complexity index is 1850. The molecule has 1 aliphatic heterocycles. The first-order valence-corrected chi connectivity index (χ1v) is 13.3. The molecule has 0 atom stereocenters. The number of benzene rings is 4. The average Bonchev–Trinajstić information content (AvgIpc) is 3.00. The highest BCUT2D eigenvalue weighted by molar-refractivity contribution is 6.39. The summed E-state index contributed by atoms with van der Waals surface area (Å²) in [6, 6.07) is 19.9. The Morgan fingerprint density at radius 2 is 1.60 bits per heavy atom. The molecule has 1 heterocycles. The van der Waals surface area contributed by atoms with Crippen molar-refractivity contribution in [1.29, 1.82) is 0 Å². The number of urea groups is 1. The third-order valence-electron chi connectivity index (χ3n) is 6.42. The van der Waals surface area contributed by atoms with E-state index in [1.165, 1.54) is 30.3 Å². The molecule has 1 saturated heterocycles. The fraction of sp³-hybridized carbons (Fsp3) is 0.0645. The zero-order chi connectivity index (χ0) is 32.3. The molecule has 4 aromatic carbocycles. The summed E-state index contributed by atoms with van der Waals surface area (Å²) in [7, 11) is 0. The van der Waals surface area contributed by atoms with Crippen LogP contribution in [-0.4, -0.2) is 22.8 Å². The number of rotatable bonds is 8. The second-order valence-corrected chi connectivity index (χ2v) is 9.88. The number of carbonyl (C=O) groups excluding carboxylic acids is 3. The van der Waals surface area contributed by atoms with Crippen molar-refractivity contribution in [3.63, 3.8) is 0 Å². The number of nitrogens with one attached hydrogen (secondary N) is 1. The number of hydrogen-bond acceptors (Lipinski definition) is 7. The number of nitro benzene ring substituents is 1. The Balaban J connectivity index is 1.43. The first-order chi connectivity index (χ1) is 21.4. The molecular formula is C31H19ClF3N3O7. The summed E-state index contributed by atoms with van der Waals surface area (Å²) in [6.45, 7) is 0.282. The molecule has 10 nitrogen and oxygen atoms in total. The summed E-state index contributed by atoms with van der Waals surface area (Å²) >= 11 is 6.11. The predicted octanol–water partition coefficient (Wildman–Crippen LogP) is 7.30. The number of barbiturate groups is 1. The largest absolute Gasteiger partial charge is 0.489 e. The van der Waals surface area contributed by atoms with E-state index in [2.05, 4.69) is 5.32 Å². The van der Waals surface area contributed by atoms with Crippen LogP contribution in [0.1, 0.15) is 16.7 Å². The van der Waals surface area contributed by atoms with Gasteiger partial charge in [0.25, 0.3) is 11.8 Å². The predicted molar refractivity (Wildman–Crippen MR) is 156 cm³/mol. The van der Waals surface area contributed by atoms with Gasteiger partial charge in [-0.3, -0.25) is 25.0 Å². The van der Waals surface area contributed by atoms with Crippen molar-refractivity contribution in [1.82, 2.24) is 5.32 Å². The molecule has 1 N–H and O–H groups in total. The molecule has 14 heteroatoms. The van der Waals surface area contributed by atoms with Crippen LogP contribution in [0, 0.1) is 10.1 Å². The van der Waals surface area contributed by atoms with E-state index < -0.39 is 51.5 Å². The van der Waals surface area contributed by atoms with Gasteiger partial charge in [0.15, 0.2) is 0 Å². The smallest absolute Gasteiger partial charge is 0.416 e. The zero-order valence-electron chi connectivity index (χ0n) is 22.7. The highest BCUT2D eigenvalue weighted by Crippen LogP contribution is 2.39. The minimum Gasteiger partial charge on any atom is -0.489 e. The molecule has 0 aromatic heterocycles. The van der Waals surface area contributed by atoms with Crippen LogP contribution in [0.5, 0.6) is 17.2 Å². The molecule has 0 spiro atoms. The SMILES string of the molecule is O=C1NC(=O)N(c2ccc(OCc3ccccc3)cc2)C(=O)/C1=C/c1cc(Cl)ccc1Oc1ccc(C(F)(F)F)cc1[N+](=O)[O-]. The second kappa shape index (κ2) is 12.5. The zero-order valence-corrected chi connectivity index (χ0v) is 23.5. The van der Waals surface area contributed by atoms with Crippen LogP contribution in [0.25, 0.3) is 6.08 Å². The minimum atomic E-state index is -4.84. The maximum Gasteiger partial charge on any atom is 0.416 e. The highest BCUT2D eigenvalue weighted by atomic mass is 35.5. The topological polar surface area (TPSA) is 128 Å². The third-order valence-corrected chi connectivity index (χ3v) is 6.65. The number of nitrogens with zero attached hydrogens (tertiary/aromatic N) is 2. The summed E-state index contributed by atoms with van der Waals surface area (Å²) < 4.78 is 50.7. The monoisotopic (exact) mass is 637 g/mol. The van der Waals surface area contributed by atoms with E-state index in [1.54, 1.807) is 12.1 Å². The Hall–Kier alpha value is -5.69. The van der Waals surface area contributed by atoms with Gasteiger partial charge in [-0.1, -0.05) is 41.9 Å². The van der Waals surface area contributed by atoms with Crippen molar-refractivity contribution in [2.45, 2.75) is 12.8 Å². The average molecular weight is 638 g/mol. The van der Waals surface area contributed by atoms with Crippen LogP contribution in [0.4, 0.5) is 29.3 Å². The van der Waals surface area contributed by atoms with E-state index in [0.29, 0.717) is 17.9 Å². The lowest BCUT2D eigenvalue weighted by molar-refractivity contribution is -0.385. The van der Waals surface area contributed by atoms with Gasteiger partial charge < -0.3 is 9.47 Å². The molecule has 228 valence electrons. The van der Waals surface area contributed by atoms with Crippen LogP contribution in [0.2, 0.25) is 5.02 Å². The molecular weight excluding hydrogens is 619 g/mol. The van der Waals surface area contributed by atoms with Crippen molar-refractivity contribution >= 4 is 46.9 Å². The molecule has 0 unspecified atom stereocenters. The van der Waals surface area contributed by atoms with Gasteiger partial charge in [0, 0.05) is 16.7 Å². The maximum absolute atomic E-state index is 13.5. The van der Waals surface area contributed by atoms with E-state index in [4.69, 9.17) is 21.1 Å². The quantitative estimate of drug-likeness (QED) is 0.0929. The Morgan fingerprint density at radius 3 is 2.27 bits per heavy atom. The van der Waals surface area contributed by atoms with Gasteiger partial charge in [-0.2, -0.15) is 13.2 Å². The fourth-order valence-corrected chi connectivity index (χ4v) is 4.43. The van der Waals surface area contributed by atoms with E-state index in [1.807, 2.05) is 30.3 Å². The molecule has 0 radical (unpaired) electrons. The van der Waals surface area contributed by atoms with Crippen molar-refractivity contribution in [2.24, 2.45) is 0 Å². The van der Waals surface area contributed by atoms with Gasteiger partial charge in [-0.05, 0) is 66.2 Å². The van der Waals surface area contributed by atoms with Crippen LogP contribution in [0.3, 0.4) is 0 Å². The maximum atomic E-state index is 13.5. The summed E-state index contributed by atoms with van der Waals surface area (Å²) in [5, 5.41) is 13.7. The van der Waals surface area contributed by atoms with E-state index in [9.17, 15) is 37.7 Å². The molecule has 1 fully saturated rings. The lowest BCUT2D eigenvalue weighted by Gasteiger charge is -2.26. The molecule has 0 aliphatic carbocycles. The normalized spacial score (nSPS) is 14.4. The lowest BCUT2D eigenvalue weighted by atomic mass is 10.1. The number of alkyl halides is 3. The van der Waals surface area contributed by atoms with Gasteiger partial charge in [-0.25, -0.2) is 9.69 Å². The number of nitro groups is 1. The molecule has 45 heavy (non-hydrogen) atoms. The summed E-state index contributed by atoms with van der Waals surface area (Å²) in [5.74, 6) is -2.32. The number of anilines is 1. The lowest BCUT2D eigenvalue weighted by Crippen LogP contribution is -2.54. The number of hydrogen-bond donors (Lipinski definition) is 1. The molecule has 4 aromatic rings. The minimum absolute atomic E-state index is 0.0332. The summed E-state index contributed by atoms with van der Waals surface area (Å²) in [4.78, 5) is 50.1. The number of ether oxygens (including phenoxy) is 2. The third kappa shape index (κ3) is 6.94. The van der Waals surface area contributed by atoms with Gasteiger partial charge in [0.1, 0.15) is 23.7 Å². The summed E-state index contributed by atoms with van der Waals surface area (Å²) in [6.07, 6.45) is -3.79. The number of imide groups is 2. The van der Waals surface area contributed by atoms with E-state index in [-0.39, 0.29) is 28.6 Å². The van der Waals surface area contributed by atoms with Crippen molar-refractivity contribution in [3.8, 4) is 17.2 Å². The molecule has 1 aliphatic rings. The van der Waals surface area contributed by atoms with Gasteiger partial charge >= 0.3 is 17.9 Å². The van der Waals surface area contributed by atoms with Gasteiger partial charge in [-0.15, -0.1) is 0 Å². The number of halogens is 4. The fourth-order valence-electron chi connectivity index (χ4n) is 4.25. The van der Waals surface area contributed by atoms with Gasteiger partial charge in [0.2, 0.25) is 5.75 Å². The van der Waals surface area contributed by atoms with Crippen molar-refractivity contribution < 1.29 is 42.0 Å². The van der Waals surface area contributed by atoms with Crippen LogP contribution < -0.4 is 19.7 Å². The number of amides is 4. The first-order valence-electron chi connectivity index (χ1n) is 12.9. The van der Waals surface area contributed by atoms with Crippen LogP contribution in [-0.2, 0) is 22.4 Å². The summed E-state index contributed by atoms with van der Waals surface area (Å²) in [5.41, 5.74) is -1.74.